The van der Waals surface area contributed by atoms with Crippen LogP contribution in [0.15, 0.2) is 22.7 Å². The molecule has 5 nitrogen and oxygen atoms in total. The van der Waals surface area contributed by atoms with Gasteiger partial charge in [-0.3, -0.25) is 9.59 Å². The van der Waals surface area contributed by atoms with Gasteiger partial charge in [0.2, 0.25) is 5.91 Å². The van der Waals surface area contributed by atoms with E-state index in [1.54, 1.807) is 32.2 Å². The van der Waals surface area contributed by atoms with Crippen LogP contribution in [0.4, 0.5) is 5.69 Å². The van der Waals surface area contributed by atoms with E-state index in [-0.39, 0.29) is 0 Å². The van der Waals surface area contributed by atoms with E-state index in [4.69, 9.17) is 10.8 Å². The first-order valence-corrected chi connectivity index (χ1v) is 6.15. The highest BCUT2D eigenvalue weighted by atomic mass is 79.9. The molecule has 18 heavy (non-hydrogen) atoms. The molecule has 1 aromatic rings. The zero-order chi connectivity index (χ0) is 13.9. The number of aliphatic carboxylic acids is 1. The molecular formula is C12H15BrN2O3. The number of anilines is 1. The van der Waals surface area contributed by atoms with Crippen molar-refractivity contribution in [1.29, 1.82) is 0 Å². The van der Waals surface area contributed by atoms with Crippen LogP contribution in [0.1, 0.15) is 17.3 Å². The van der Waals surface area contributed by atoms with Gasteiger partial charge in [-0.15, -0.1) is 0 Å². The normalized spacial score (nSPS) is 11.9. The minimum Gasteiger partial charge on any atom is -0.481 e. The lowest BCUT2D eigenvalue weighted by Gasteiger charge is -2.22. The van der Waals surface area contributed by atoms with Crippen molar-refractivity contribution in [3.63, 3.8) is 0 Å². The topological polar surface area (TPSA) is 83.6 Å². The molecule has 0 aliphatic carbocycles. The van der Waals surface area contributed by atoms with Gasteiger partial charge in [0.15, 0.2) is 0 Å². The molecule has 0 bridgehead atoms. The van der Waals surface area contributed by atoms with Crippen molar-refractivity contribution < 1.29 is 14.7 Å². The molecule has 0 aliphatic rings. The van der Waals surface area contributed by atoms with Crippen LogP contribution in [0.25, 0.3) is 0 Å². The maximum Gasteiger partial charge on any atom is 0.308 e. The average Bonchev–Trinajstić information content (AvgIpc) is 2.27. The Hall–Kier alpha value is -1.56. The number of rotatable bonds is 5. The van der Waals surface area contributed by atoms with Gasteiger partial charge in [-0.1, -0.05) is 6.92 Å². The largest absolute Gasteiger partial charge is 0.481 e. The minimum absolute atomic E-state index is 0.387. The number of hydrogen-bond acceptors (Lipinski definition) is 3. The Balaban J connectivity index is 2.88. The van der Waals surface area contributed by atoms with Crippen molar-refractivity contribution in [2.75, 3.05) is 18.5 Å². The number of nitrogens with two attached hydrogens (primary N) is 1. The number of carbonyl (C=O) groups excluding carboxylic acids is 1. The van der Waals surface area contributed by atoms with Gasteiger partial charge in [0.05, 0.1) is 11.5 Å². The molecule has 98 valence electrons. The lowest BCUT2D eigenvalue weighted by atomic mass is 10.1. The van der Waals surface area contributed by atoms with Gasteiger partial charge >= 0.3 is 5.97 Å². The molecule has 0 saturated heterocycles. The van der Waals surface area contributed by atoms with E-state index >= 15 is 0 Å². The second-order valence-electron chi connectivity index (χ2n) is 4.15. The van der Waals surface area contributed by atoms with Crippen LogP contribution in [0.2, 0.25) is 0 Å². The van der Waals surface area contributed by atoms with Crippen LogP contribution in [0, 0.1) is 5.92 Å². The lowest BCUT2D eigenvalue weighted by molar-refractivity contribution is -0.140. The van der Waals surface area contributed by atoms with E-state index in [2.05, 4.69) is 15.9 Å². The predicted octanol–water partition coefficient (Wildman–Crippen LogP) is 1.70. The second-order valence-corrected chi connectivity index (χ2v) is 5.00. The first kappa shape index (κ1) is 14.5. The predicted molar refractivity (Wildman–Crippen MR) is 72.7 cm³/mol. The summed E-state index contributed by atoms with van der Waals surface area (Å²) in [6.45, 7) is 2.03. The summed E-state index contributed by atoms with van der Waals surface area (Å²) < 4.78 is 0.599. The molecule has 0 heterocycles. The maximum atomic E-state index is 11.1. The van der Waals surface area contributed by atoms with Crippen molar-refractivity contribution >= 4 is 33.5 Å². The Morgan fingerprint density at radius 2 is 2.11 bits per heavy atom. The zero-order valence-electron chi connectivity index (χ0n) is 10.2. The van der Waals surface area contributed by atoms with Crippen molar-refractivity contribution in [1.82, 2.24) is 0 Å². The van der Waals surface area contributed by atoms with E-state index in [1.807, 2.05) is 4.90 Å². The molecule has 1 atom stereocenters. The fourth-order valence-electron chi connectivity index (χ4n) is 1.54. The summed E-state index contributed by atoms with van der Waals surface area (Å²) in [7, 11) is 1.80. The highest BCUT2D eigenvalue weighted by Gasteiger charge is 2.15. The van der Waals surface area contributed by atoms with Crippen LogP contribution < -0.4 is 10.6 Å². The monoisotopic (exact) mass is 314 g/mol. The summed E-state index contributed by atoms with van der Waals surface area (Å²) in [4.78, 5) is 23.7. The number of benzene rings is 1. The number of primary amides is 1. The summed E-state index contributed by atoms with van der Waals surface area (Å²) in [5, 5.41) is 8.85. The number of hydrogen-bond donors (Lipinski definition) is 2. The van der Waals surface area contributed by atoms with Gasteiger partial charge in [-0.05, 0) is 34.1 Å². The molecule has 0 fully saturated rings. The standard InChI is InChI=1S/C12H15BrN2O3/c1-7(12(17)18)6-15(2)8-3-4-9(11(14)16)10(13)5-8/h3-5,7H,6H2,1-2H3,(H2,14,16)(H,17,18). The summed E-state index contributed by atoms with van der Waals surface area (Å²) in [6.07, 6.45) is 0. The number of carboxylic acid groups (broad SMARTS) is 1. The quantitative estimate of drug-likeness (QED) is 0.866. The molecular weight excluding hydrogens is 300 g/mol. The van der Waals surface area contributed by atoms with E-state index in [1.165, 1.54) is 0 Å². The molecule has 3 N–H and O–H groups in total. The van der Waals surface area contributed by atoms with Gasteiger partial charge in [0.1, 0.15) is 0 Å². The SMILES string of the molecule is CC(CN(C)c1ccc(C(N)=O)c(Br)c1)C(=O)O. The Bertz CT molecular complexity index is 476. The van der Waals surface area contributed by atoms with Crippen LogP contribution >= 0.6 is 15.9 Å². The zero-order valence-corrected chi connectivity index (χ0v) is 11.8. The van der Waals surface area contributed by atoms with Crippen molar-refractivity contribution in [3.05, 3.63) is 28.2 Å². The number of nitrogens with zero attached hydrogens (tertiary/aromatic N) is 1. The molecule has 1 unspecified atom stereocenters. The molecule has 6 heteroatoms. The molecule has 0 aromatic heterocycles. The third-order valence-corrected chi connectivity index (χ3v) is 3.28. The highest BCUT2D eigenvalue weighted by molar-refractivity contribution is 9.10. The number of carbonyl (C=O) groups is 2. The maximum absolute atomic E-state index is 11.1. The molecule has 0 radical (unpaired) electrons. The molecule has 1 rings (SSSR count). The molecule has 1 aromatic carbocycles. The fraction of sp³-hybridized carbons (Fsp3) is 0.333. The van der Waals surface area contributed by atoms with Gasteiger partial charge in [0.25, 0.3) is 0 Å². The third kappa shape index (κ3) is 3.46. The van der Waals surface area contributed by atoms with E-state index in [0.717, 1.165) is 5.69 Å². The van der Waals surface area contributed by atoms with Crippen LogP contribution in [-0.2, 0) is 4.79 Å². The Morgan fingerprint density at radius 3 is 2.56 bits per heavy atom. The van der Waals surface area contributed by atoms with Gasteiger partial charge < -0.3 is 15.7 Å². The van der Waals surface area contributed by atoms with Crippen molar-refractivity contribution in [2.45, 2.75) is 6.92 Å². The summed E-state index contributed by atoms with van der Waals surface area (Å²) in [5.74, 6) is -1.81. The van der Waals surface area contributed by atoms with E-state index in [0.29, 0.717) is 16.6 Å². The number of amides is 1. The van der Waals surface area contributed by atoms with Crippen LogP contribution in [0.3, 0.4) is 0 Å². The summed E-state index contributed by atoms with van der Waals surface area (Å²) in [6, 6.07) is 5.10. The average molecular weight is 315 g/mol. The molecule has 0 spiro atoms. The summed E-state index contributed by atoms with van der Waals surface area (Å²) >= 11 is 3.27. The van der Waals surface area contributed by atoms with E-state index < -0.39 is 17.8 Å². The first-order valence-electron chi connectivity index (χ1n) is 5.36. The Labute approximate surface area is 114 Å². The first-order chi connectivity index (χ1) is 8.32. The third-order valence-electron chi connectivity index (χ3n) is 2.63. The van der Waals surface area contributed by atoms with Gasteiger partial charge in [-0.25, -0.2) is 0 Å². The smallest absolute Gasteiger partial charge is 0.308 e. The summed E-state index contributed by atoms with van der Waals surface area (Å²) in [5.41, 5.74) is 6.42. The van der Waals surface area contributed by atoms with Crippen LogP contribution in [-0.4, -0.2) is 30.6 Å². The minimum atomic E-state index is -0.838. The van der Waals surface area contributed by atoms with Crippen molar-refractivity contribution in [3.8, 4) is 0 Å². The van der Waals surface area contributed by atoms with E-state index in [9.17, 15) is 9.59 Å². The Morgan fingerprint density at radius 1 is 1.50 bits per heavy atom. The number of halogens is 1. The highest BCUT2D eigenvalue weighted by Crippen LogP contribution is 2.23. The van der Waals surface area contributed by atoms with Crippen LogP contribution in [0.5, 0.6) is 0 Å². The lowest BCUT2D eigenvalue weighted by Crippen LogP contribution is -2.28. The molecule has 0 aliphatic heterocycles. The Kier molecular flexibility index (Phi) is 4.72. The molecule has 1 amide bonds. The van der Waals surface area contributed by atoms with Gasteiger partial charge in [-0.2, -0.15) is 0 Å². The van der Waals surface area contributed by atoms with Gasteiger partial charge in [0, 0.05) is 23.8 Å². The number of carboxylic acids is 1. The molecule has 0 saturated carbocycles. The fourth-order valence-corrected chi connectivity index (χ4v) is 2.10. The van der Waals surface area contributed by atoms with Crippen molar-refractivity contribution in [2.24, 2.45) is 11.7 Å². The second kappa shape index (κ2) is 5.86.